The molecule has 0 bridgehead atoms. The predicted octanol–water partition coefficient (Wildman–Crippen LogP) is 5.82. The van der Waals surface area contributed by atoms with E-state index in [0.717, 1.165) is 29.1 Å². The fraction of sp³-hybridized carbons (Fsp3) is 0.531. The van der Waals surface area contributed by atoms with Crippen LogP contribution in [-0.4, -0.2) is 79.0 Å². The summed E-state index contributed by atoms with van der Waals surface area (Å²) in [7, 11) is 3.91. The van der Waals surface area contributed by atoms with E-state index in [1.165, 1.54) is 12.1 Å². The van der Waals surface area contributed by atoms with Crippen LogP contribution in [0.4, 0.5) is 18.0 Å². The molecule has 1 unspecified atom stereocenters. The molecule has 1 saturated heterocycles. The number of hydrogen-bond donors (Lipinski definition) is 1. The van der Waals surface area contributed by atoms with E-state index in [-0.39, 0.29) is 11.8 Å². The summed E-state index contributed by atoms with van der Waals surface area (Å²) in [6.07, 6.45) is -2.35. The highest BCUT2D eigenvalue weighted by molar-refractivity contribution is 6.03. The summed E-state index contributed by atoms with van der Waals surface area (Å²) in [5.41, 5.74) is -0.205. The zero-order valence-corrected chi connectivity index (χ0v) is 25.7. The number of amides is 4. The van der Waals surface area contributed by atoms with Gasteiger partial charge in [0, 0.05) is 31.7 Å². The second-order valence-electron chi connectivity index (χ2n) is 11.1. The van der Waals surface area contributed by atoms with Gasteiger partial charge in [0.05, 0.1) is 5.56 Å². The lowest BCUT2D eigenvalue weighted by Crippen LogP contribution is -2.73. The van der Waals surface area contributed by atoms with Crippen molar-refractivity contribution < 1.29 is 32.3 Å². The molecule has 11 heteroatoms. The normalized spacial score (nSPS) is 16.2. The van der Waals surface area contributed by atoms with Gasteiger partial charge in [-0.2, -0.15) is 13.2 Å². The van der Waals surface area contributed by atoms with Gasteiger partial charge in [-0.05, 0) is 95.1 Å². The van der Waals surface area contributed by atoms with Crippen LogP contribution in [0.2, 0.25) is 0 Å². The predicted molar refractivity (Wildman–Crippen MR) is 159 cm³/mol. The van der Waals surface area contributed by atoms with Crippen molar-refractivity contribution in [3.05, 3.63) is 65.2 Å². The molecule has 0 saturated carbocycles. The molecule has 4 amide bonds. The molecular weight excluding hydrogens is 561 g/mol. The number of likely N-dealkylation sites (N-methyl/N-ethyl adjacent to an activating group) is 2. The standard InChI is InChI=1S/C32H43F3N4O4/c1-6-31(7-2)28(41)39(30(42)36-20-10-9-11-23-12-16-25(17-13-23)32(33,34)35)29(31)43-26-18-14-24(15-19-26)27(40)38(8-3)22-21-37(4)5/h12-19,29H,6-11,20-22H2,1-5H3,(H,36,42). The number of nitrogens with one attached hydrogen (secondary N) is 1. The highest BCUT2D eigenvalue weighted by atomic mass is 19.4. The Morgan fingerprint density at radius 1 is 0.953 bits per heavy atom. The Morgan fingerprint density at radius 2 is 1.58 bits per heavy atom. The third-order valence-electron chi connectivity index (χ3n) is 8.12. The Labute approximate surface area is 252 Å². The largest absolute Gasteiger partial charge is 0.469 e. The third-order valence-corrected chi connectivity index (χ3v) is 8.12. The average molecular weight is 605 g/mol. The number of urea groups is 1. The van der Waals surface area contributed by atoms with Gasteiger partial charge < -0.3 is 19.9 Å². The summed E-state index contributed by atoms with van der Waals surface area (Å²) in [6, 6.07) is 11.3. The number of halogens is 3. The first-order valence-corrected chi connectivity index (χ1v) is 14.9. The molecule has 1 atom stereocenters. The van der Waals surface area contributed by atoms with Gasteiger partial charge >= 0.3 is 12.2 Å². The minimum absolute atomic E-state index is 0.0782. The number of β-lactam (4-membered cyclic amide) rings is 1. The van der Waals surface area contributed by atoms with Crippen molar-refractivity contribution in [1.29, 1.82) is 0 Å². The van der Waals surface area contributed by atoms with E-state index in [2.05, 4.69) is 5.32 Å². The van der Waals surface area contributed by atoms with Crippen LogP contribution in [0.1, 0.15) is 67.9 Å². The van der Waals surface area contributed by atoms with Gasteiger partial charge in [-0.3, -0.25) is 9.59 Å². The molecule has 8 nitrogen and oxygen atoms in total. The van der Waals surface area contributed by atoms with Crippen LogP contribution in [-0.2, 0) is 17.4 Å². The van der Waals surface area contributed by atoms with Crippen molar-refractivity contribution in [2.45, 2.75) is 65.3 Å². The molecule has 1 aliphatic rings. The van der Waals surface area contributed by atoms with E-state index >= 15 is 0 Å². The first-order valence-electron chi connectivity index (χ1n) is 14.9. The second-order valence-corrected chi connectivity index (χ2v) is 11.1. The smallest absolute Gasteiger partial charge is 0.416 e. The van der Waals surface area contributed by atoms with E-state index < -0.39 is 29.4 Å². The van der Waals surface area contributed by atoms with E-state index in [0.29, 0.717) is 63.1 Å². The van der Waals surface area contributed by atoms with Gasteiger partial charge in [0.1, 0.15) is 11.2 Å². The van der Waals surface area contributed by atoms with Crippen molar-refractivity contribution in [3.63, 3.8) is 0 Å². The van der Waals surface area contributed by atoms with Gasteiger partial charge in [-0.25, -0.2) is 9.69 Å². The Kier molecular flexibility index (Phi) is 11.6. The number of carbonyl (C=O) groups excluding carboxylic acids is 3. The van der Waals surface area contributed by atoms with Crippen molar-refractivity contribution in [2.75, 3.05) is 40.3 Å². The summed E-state index contributed by atoms with van der Waals surface area (Å²) >= 11 is 0. The van der Waals surface area contributed by atoms with E-state index in [1.807, 2.05) is 39.8 Å². The highest BCUT2D eigenvalue weighted by Crippen LogP contribution is 2.46. The van der Waals surface area contributed by atoms with E-state index in [4.69, 9.17) is 4.74 Å². The Bertz CT molecular complexity index is 1230. The molecule has 3 rings (SSSR count). The molecule has 1 heterocycles. The minimum Gasteiger partial charge on any atom is -0.469 e. The fourth-order valence-corrected chi connectivity index (χ4v) is 5.21. The third kappa shape index (κ3) is 8.07. The number of nitrogens with zero attached hydrogens (tertiary/aromatic N) is 3. The number of likely N-dealkylation sites (tertiary alicyclic amines) is 1. The number of hydrogen-bond acceptors (Lipinski definition) is 5. The molecule has 2 aromatic carbocycles. The summed E-state index contributed by atoms with van der Waals surface area (Å²) in [5, 5.41) is 2.78. The molecular formula is C32H43F3N4O4. The van der Waals surface area contributed by atoms with E-state index in [9.17, 15) is 27.6 Å². The Hall–Kier alpha value is -3.60. The number of alkyl halides is 3. The topological polar surface area (TPSA) is 82.2 Å². The summed E-state index contributed by atoms with van der Waals surface area (Å²) in [5.74, 6) is 0.0764. The lowest BCUT2D eigenvalue weighted by Gasteiger charge is -2.53. The second kappa shape index (κ2) is 14.7. The fourth-order valence-electron chi connectivity index (χ4n) is 5.21. The van der Waals surface area contributed by atoms with Crippen LogP contribution in [0, 0.1) is 5.41 Å². The number of aryl methyl sites for hydroxylation is 1. The van der Waals surface area contributed by atoms with Gasteiger partial charge in [0.15, 0.2) is 6.23 Å². The number of carbonyl (C=O) groups is 3. The van der Waals surface area contributed by atoms with Crippen molar-refractivity contribution in [2.24, 2.45) is 5.41 Å². The Morgan fingerprint density at radius 3 is 2.12 bits per heavy atom. The van der Waals surface area contributed by atoms with Crippen molar-refractivity contribution >= 4 is 17.8 Å². The van der Waals surface area contributed by atoms with Crippen molar-refractivity contribution in [3.8, 4) is 5.75 Å². The van der Waals surface area contributed by atoms with Gasteiger partial charge in [0.2, 0.25) is 5.91 Å². The monoisotopic (exact) mass is 604 g/mol. The molecule has 1 N–H and O–H groups in total. The molecule has 2 aromatic rings. The van der Waals surface area contributed by atoms with Gasteiger partial charge in [-0.15, -0.1) is 0 Å². The molecule has 43 heavy (non-hydrogen) atoms. The zero-order chi connectivity index (χ0) is 31.8. The first-order chi connectivity index (χ1) is 20.4. The zero-order valence-electron chi connectivity index (χ0n) is 25.7. The maximum Gasteiger partial charge on any atom is 0.416 e. The van der Waals surface area contributed by atoms with Crippen LogP contribution in [0.25, 0.3) is 0 Å². The van der Waals surface area contributed by atoms with Crippen LogP contribution in [0.5, 0.6) is 5.75 Å². The van der Waals surface area contributed by atoms with Crippen LogP contribution in [0.3, 0.4) is 0 Å². The SMILES string of the molecule is CCN(CCN(C)C)C(=O)c1ccc(OC2N(C(=O)NCCCCc3ccc(C(F)(F)F)cc3)C(=O)C2(CC)CC)cc1. The number of benzene rings is 2. The molecule has 0 spiro atoms. The maximum atomic E-state index is 13.2. The molecule has 0 aliphatic carbocycles. The molecule has 236 valence electrons. The lowest BCUT2D eigenvalue weighted by molar-refractivity contribution is -0.190. The highest BCUT2D eigenvalue weighted by Gasteiger charge is 2.62. The summed E-state index contributed by atoms with van der Waals surface area (Å²) in [6.45, 7) is 7.98. The van der Waals surface area contributed by atoms with Crippen LogP contribution < -0.4 is 10.1 Å². The van der Waals surface area contributed by atoms with Gasteiger partial charge in [0.25, 0.3) is 5.91 Å². The van der Waals surface area contributed by atoms with Crippen LogP contribution in [0.15, 0.2) is 48.5 Å². The van der Waals surface area contributed by atoms with Crippen LogP contribution >= 0.6 is 0 Å². The van der Waals surface area contributed by atoms with Crippen molar-refractivity contribution in [1.82, 2.24) is 20.0 Å². The number of rotatable bonds is 14. The molecule has 0 aromatic heterocycles. The average Bonchev–Trinajstić information content (AvgIpc) is 2.97. The number of imide groups is 1. The summed E-state index contributed by atoms with van der Waals surface area (Å²) in [4.78, 5) is 44.1. The first kappa shape index (κ1) is 33.9. The van der Waals surface area contributed by atoms with Gasteiger partial charge in [-0.1, -0.05) is 26.0 Å². The minimum atomic E-state index is -4.36. The quantitative estimate of drug-likeness (QED) is 0.217. The molecule has 1 aliphatic heterocycles. The van der Waals surface area contributed by atoms with E-state index in [1.54, 1.807) is 29.2 Å². The summed E-state index contributed by atoms with van der Waals surface area (Å²) < 4.78 is 44.5. The number of unbranched alkanes of at least 4 members (excludes halogenated alkanes) is 1. The number of ether oxygens (including phenoxy) is 1. The molecule has 1 fully saturated rings. The maximum absolute atomic E-state index is 13.2. The molecule has 0 radical (unpaired) electrons. The lowest BCUT2D eigenvalue weighted by atomic mass is 9.72. The Balaban J connectivity index is 1.57.